The monoisotopic (exact) mass is 463 g/mol. The fourth-order valence-electron chi connectivity index (χ4n) is 4.51. The van der Waals surface area contributed by atoms with Crippen LogP contribution in [0.15, 0.2) is 54.6 Å². The molecule has 3 heteroatoms. The van der Waals surface area contributed by atoms with Gasteiger partial charge in [-0.25, -0.2) is 0 Å². The number of aryl methyl sites for hydroxylation is 6. The molecular weight excluding hydrogens is 430 g/mol. The van der Waals surface area contributed by atoms with E-state index in [4.69, 9.17) is 0 Å². The first kappa shape index (κ1) is 26.3. The SMILES string of the molecule is Cc1cc(C)c([PH+](CC(=[OH+])c2ccccc2)c2c(C)cc(C)cc2C)c(C)c1.[CH3-].[Ni]. The van der Waals surface area contributed by atoms with Crippen molar-refractivity contribution in [2.45, 2.75) is 41.5 Å². The van der Waals surface area contributed by atoms with E-state index < -0.39 is 7.92 Å². The van der Waals surface area contributed by atoms with E-state index >= 15 is 0 Å². The van der Waals surface area contributed by atoms with Gasteiger partial charge >= 0.3 is 5.78 Å². The summed E-state index contributed by atoms with van der Waals surface area (Å²) in [6, 6.07) is 19.1. The van der Waals surface area contributed by atoms with Crippen LogP contribution in [-0.2, 0) is 16.5 Å². The van der Waals surface area contributed by atoms with Crippen LogP contribution in [0.4, 0.5) is 0 Å². The molecule has 1 N–H and O–H groups in total. The number of hydrogen-bond acceptors (Lipinski definition) is 0. The Morgan fingerprint density at radius 2 is 1.07 bits per heavy atom. The van der Waals surface area contributed by atoms with E-state index in [9.17, 15) is 4.79 Å². The molecule has 0 fully saturated rings. The summed E-state index contributed by atoms with van der Waals surface area (Å²) in [5, 5.41) is 2.88. The quantitative estimate of drug-likeness (QED) is 0.151. The molecule has 30 heavy (non-hydrogen) atoms. The number of ketones is 1. The first-order valence-corrected chi connectivity index (χ1v) is 11.6. The third-order valence-electron chi connectivity index (χ3n) is 5.41. The van der Waals surface area contributed by atoms with Crippen molar-refractivity contribution in [2.24, 2.45) is 0 Å². The summed E-state index contributed by atoms with van der Waals surface area (Å²) in [7, 11) is -1.19. The number of benzene rings is 3. The van der Waals surface area contributed by atoms with Crippen LogP contribution in [0.25, 0.3) is 0 Å². The summed E-state index contributed by atoms with van der Waals surface area (Å²) < 4.78 is 0. The second kappa shape index (κ2) is 11.0. The van der Waals surface area contributed by atoms with Crippen LogP contribution in [0.3, 0.4) is 0 Å². The molecule has 1 nitrogen and oxygen atoms in total. The zero-order chi connectivity index (χ0) is 20.4. The molecule has 0 aromatic heterocycles. The van der Waals surface area contributed by atoms with Crippen molar-refractivity contribution in [3.63, 3.8) is 0 Å². The zero-order valence-corrected chi connectivity index (χ0v) is 21.2. The van der Waals surface area contributed by atoms with E-state index in [2.05, 4.69) is 65.8 Å². The Labute approximate surface area is 194 Å². The van der Waals surface area contributed by atoms with Crippen molar-refractivity contribution in [2.75, 3.05) is 6.16 Å². The molecule has 0 saturated heterocycles. The van der Waals surface area contributed by atoms with Crippen LogP contribution in [0.2, 0.25) is 0 Å². The molecule has 0 atom stereocenters. The van der Waals surface area contributed by atoms with Crippen LogP contribution in [0.5, 0.6) is 0 Å². The first-order chi connectivity index (χ1) is 13.3. The Bertz CT molecular complexity index is 921. The van der Waals surface area contributed by atoms with Crippen LogP contribution in [0, 0.1) is 49.0 Å². The number of carbonyl (C=O) groups excluding carboxylic acids is 1. The van der Waals surface area contributed by atoms with Crippen LogP contribution in [0.1, 0.15) is 38.9 Å². The van der Waals surface area contributed by atoms with Crippen molar-refractivity contribution in [3.8, 4) is 0 Å². The topological polar surface area (TPSA) is 21.4 Å². The molecule has 0 aliphatic carbocycles. The van der Waals surface area contributed by atoms with Crippen LogP contribution < -0.4 is 10.6 Å². The minimum atomic E-state index is -1.19. The van der Waals surface area contributed by atoms with E-state index in [0.29, 0.717) is 11.9 Å². The molecule has 0 heterocycles. The summed E-state index contributed by atoms with van der Waals surface area (Å²) >= 11 is 0. The van der Waals surface area contributed by atoms with Gasteiger partial charge in [-0.1, -0.05) is 53.6 Å². The number of rotatable bonds is 5. The molecule has 162 valence electrons. The largest absolute Gasteiger partial charge is 0.360 e. The van der Waals surface area contributed by atoms with Gasteiger partial charge in [-0.15, -0.1) is 0 Å². The van der Waals surface area contributed by atoms with E-state index in [0.717, 1.165) is 5.56 Å². The van der Waals surface area contributed by atoms with Gasteiger partial charge in [0, 0.05) is 16.5 Å². The average molecular weight is 464 g/mol. The summed E-state index contributed by atoms with van der Waals surface area (Å²) in [6.07, 6.45) is 0.699. The summed E-state index contributed by atoms with van der Waals surface area (Å²) in [4.78, 5) is 11.0. The van der Waals surface area contributed by atoms with Crippen LogP contribution in [-0.4, -0.2) is 16.7 Å². The Morgan fingerprint density at radius 3 is 1.43 bits per heavy atom. The fourth-order valence-corrected chi connectivity index (χ4v) is 7.85. The molecule has 0 bridgehead atoms. The molecule has 0 radical (unpaired) electrons. The van der Waals surface area contributed by atoms with Crippen molar-refractivity contribution in [1.82, 2.24) is 0 Å². The van der Waals surface area contributed by atoms with Gasteiger partial charge in [0.2, 0.25) is 0 Å². The molecule has 3 aromatic carbocycles. The van der Waals surface area contributed by atoms with Gasteiger partial charge in [-0.2, -0.15) is 0 Å². The molecule has 0 aliphatic heterocycles. The second-order valence-corrected chi connectivity index (χ2v) is 10.3. The standard InChI is InChI=1S/C26H29OP.CH3.Ni/c1-17-12-19(3)25(20(4)13-17)28(16-24(27)23-10-8-7-9-11-23)26-21(5)14-18(2)15-22(26)6;;/h7-15H,16H2,1-6H3;1H3;/q;-1;/p+2. The second-order valence-electron chi connectivity index (χ2n) is 8.02. The Kier molecular flexibility index (Phi) is 9.67. The first-order valence-electron chi connectivity index (χ1n) is 9.90. The smallest absolute Gasteiger partial charge is 0.358 e. The van der Waals surface area contributed by atoms with E-state index in [-0.39, 0.29) is 23.9 Å². The molecule has 0 spiro atoms. The summed E-state index contributed by atoms with van der Waals surface area (Å²) in [5.74, 6) is 0.494. The van der Waals surface area contributed by atoms with Gasteiger partial charge in [0.05, 0.1) is 13.5 Å². The molecule has 3 aromatic rings. The van der Waals surface area contributed by atoms with Crippen molar-refractivity contribution >= 4 is 24.3 Å². The fraction of sp³-hybridized carbons (Fsp3) is 0.259. The van der Waals surface area contributed by atoms with Gasteiger partial charge in [0.25, 0.3) is 0 Å². The summed E-state index contributed by atoms with van der Waals surface area (Å²) in [6.45, 7) is 13.2. The maximum atomic E-state index is 11.0. The van der Waals surface area contributed by atoms with Crippen molar-refractivity contribution in [3.05, 3.63) is 101 Å². The summed E-state index contributed by atoms with van der Waals surface area (Å²) in [5.41, 5.74) is 8.88. The van der Waals surface area contributed by atoms with Gasteiger partial charge in [0.15, 0.2) is 6.16 Å². The van der Waals surface area contributed by atoms with E-state index in [1.54, 1.807) is 0 Å². The van der Waals surface area contributed by atoms with Crippen molar-refractivity contribution < 1.29 is 21.3 Å². The van der Waals surface area contributed by atoms with Gasteiger partial charge in [-0.05, 0) is 75.9 Å². The third kappa shape index (κ3) is 5.69. The van der Waals surface area contributed by atoms with Crippen molar-refractivity contribution in [1.29, 1.82) is 0 Å². The molecule has 0 aliphatic rings. The predicted octanol–water partition coefficient (Wildman–Crippen LogP) is 5.74. The average Bonchev–Trinajstić information content (AvgIpc) is 2.60. The Balaban J connectivity index is 0.00000225. The number of hydrogen-bond donors (Lipinski definition) is 0. The van der Waals surface area contributed by atoms with E-state index in [1.807, 2.05) is 30.3 Å². The molecule has 3 rings (SSSR count). The molecule has 0 unspecified atom stereocenters. The third-order valence-corrected chi connectivity index (χ3v) is 8.88. The molecular formula is C27H34NiOP+. The molecule has 0 amide bonds. The van der Waals surface area contributed by atoms with Gasteiger partial charge in [-0.3, -0.25) is 4.79 Å². The minimum Gasteiger partial charge on any atom is -0.358 e. The van der Waals surface area contributed by atoms with E-state index in [1.165, 1.54) is 44.0 Å². The Hall–Kier alpha value is -1.75. The maximum Gasteiger partial charge on any atom is 0.360 e. The minimum absolute atomic E-state index is 0. The van der Waals surface area contributed by atoms with Crippen LogP contribution >= 0.6 is 7.92 Å². The molecule has 0 saturated carbocycles. The zero-order valence-electron chi connectivity index (χ0n) is 19.2. The van der Waals surface area contributed by atoms with Gasteiger partial charge < -0.3 is 7.43 Å². The normalized spacial score (nSPS) is 10.4. The van der Waals surface area contributed by atoms with Gasteiger partial charge in [0.1, 0.15) is 10.6 Å². The predicted molar refractivity (Wildman–Crippen MR) is 133 cm³/mol. The Morgan fingerprint density at radius 1 is 0.700 bits per heavy atom. The maximum absolute atomic E-state index is 11.0.